The minimum atomic E-state index is -4.25. The van der Waals surface area contributed by atoms with Crippen LogP contribution in [0.3, 0.4) is 0 Å². The van der Waals surface area contributed by atoms with Crippen molar-refractivity contribution in [3.63, 3.8) is 0 Å². The number of nitrogens with one attached hydrogen (secondary N) is 1. The molecule has 2 aromatic carbocycles. The maximum Gasteiger partial charge on any atom is 0.294 e. The van der Waals surface area contributed by atoms with E-state index in [1.807, 2.05) is 0 Å². The van der Waals surface area contributed by atoms with E-state index < -0.39 is 16.0 Å². The number of carbonyl (C=O) groups is 1. The quantitative estimate of drug-likeness (QED) is 0.567. The molecule has 0 heterocycles. The van der Waals surface area contributed by atoms with Crippen LogP contribution in [-0.2, 0) is 14.9 Å². The lowest BCUT2D eigenvalue weighted by Crippen LogP contribution is -2.20. The minimum absolute atomic E-state index is 0.219. The summed E-state index contributed by atoms with van der Waals surface area (Å²) in [6.07, 6.45) is 0. The van der Waals surface area contributed by atoms with Gasteiger partial charge in [-0.1, -0.05) is 6.07 Å². The highest BCUT2D eigenvalue weighted by Gasteiger charge is 2.09. The lowest BCUT2D eigenvalue weighted by molar-refractivity contribution is -0.118. The smallest absolute Gasteiger partial charge is 0.294 e. The molecule has 8 heteroatoms. The molecular formula is C14H14N2O5S. The molecule has 0 radical (unpaired) electrons. The van der Waals surface area contributed by atoms with Gasteiger partial charge in [0.15, 0.2) is 6.61 Å². The second-order valence-corrected chi connectivity index (χ2v) is 5.83. The van der Waals surface area contributed by atoms with E-state index in [1.165, 1.54) is 24.3 Å². The van der Waals surface area contributed by atoms with Crippen LogP contribution in [0.15, 0.2) is 53.4 Å². The number of benzene rings is 2. The van der Waals surface area contributed by atoms with Crippen LogP contribution < -0.4 is 15.8 Å². The number of amides is 1. The zero-order valence-corrected chi connectivity index (χ0v) is 12.2. The molecule has 0 fully saturated rings. The molecule has 0 unspecified atom stereocenters. The van der Waals surface area contributed by atoms with Crippen molar-refractivity contribution in [3.05, 3.63) is 48.5 Å². The highest BCUT2D eigenvalue weighted by atomic mass is 32.2. The second-order valence-electron chi connectivity index (χ2n) is 4.41. The third-order valence-corrected chi connectivity index (χ3v) is 3.53. The van der Waals surface area contributed by atoms with E-state index in [0.717, 1.165) is 0 Å². The molecule has 116 valence electrons. The fourth-order valence-corrected chi connectivity index (χ4v) is 2.14. The van der Waals surface area contributed by atoms with Gasteiger partial charge in [-0.3, -0.25) is 9.35 Å². The van der Waals surface area contributed by atoms with E-state index in [2.05, 4.69) is 5.32 Å². The largest absolute Gasteiger partial charge is 0.484 e. The van der Waals surface area contributed by atoms with Crippen LogP contribution in [0.2, 0.25) is 0 Å². The van der Waals surface area contributed by atoms with Crippen LogP contribution in [0.5, 0.6) is 5.75 Å². The van der Waals surface area contributed by atoms with Crippen LogP contribution in [0.4, 0.5) is 11.4 Å². The summed E-state index contributed by atoms with van der Waals surface area (Å²) >= 11 is 0. The Morgan fingerprint density at radius 2 is 1.86 bits per heavy atom. The average Bonchev–Trinajstić information content (AvgIpc) is 2.45. The first-order chi connectivity index (χ1) is 10.3. The van der Waals surface area contributed by atoms with Gasteiger partial charge in [0.05, 0.1) is 4.90 Å². The molecule has 0 aromatic heterocycles. The summed E-state index contributed by atoms with van der Waals surface area (Å²) in [5, 5.41) is 2.53. The predicted molar refractivity (Wildman–Crippen MR) is 81.2 cm³/mol. The third-order valence-electron chi connectivity index (χ3n) is 2.66. The summed E-state index contributed by atoms with van der Waals surface area (Å²) in [5.41, 5.74) is 6.50. The maximum absolute atomic E-state index is 11.7. The lowest BCUT2D eigenvalue weighted by atomic mass is 10.3. The van der Waals surface area contributed by atoms with Crippen LogP contribution in [-0.4, -0.2) is 25.5 Å². The summed E-state index contributed by atoms with van der Waals surface area (Å²) < 4.78 is 35.9. The van der Waals surface area contributed by atoms with Crippen molar-refractivity contribution in [2.45, 2.75) is 4.90 Å². The molecule has 2 rings (SSSR count). The number of ether oxygens (including phenoxy) is 1. The van der Waals surface area contributed by atoms with E-state index in [-0.39, 0.29) is 11.5 Å². The van der Waals surface area contributed by atoms with E-state index >= 15 is 0 Å². The lowest BCUT2D eigenvalue weighted by Gasteiger charge is -2.08. The molecule has 2 aromatic rings. The van der Waals surface area contributed by atoms with E-state index in [9.17, 15) is 13.2 Å². The fraction of sp³-hybridized carbons (Fsp3) is 0.0714. The van der Waals surface area contributed by atoms with Crippen molar-refractivity contribution in [2.75, 3.05) is 17.7 Å². The monoisotopic (exact) mass is 322 g/mol. The van der Waals surface area contributed by atoms with Gasteiger partial charge in [-0.05, 0) is 36.4 Å². The zero-order valence-electron chi connectivity index (χ0n) is 11.4. The molecule has 7 nitrogen and oxygen atoms in total. The molecule has 0 aliphatic carbocycles. The minimum Gasteiger partial charge on any atom is -0.484 e. The Kier molecular flexibility index (Phi) is 4.64. The maximum atomic E-state index is 11.7. The zero-order chi connectivity index (χ0) is 16.2. The number of anilines is 2. The topological polar surface area (TPSA) is 119 Å². The first-order valence-electron chi connectivity index (χ1n) is 6.20. The Morgan fingerprint density at radius 3 is 2.45 bits per heavy atom. The highest BCUT2D eigenvalue weighted by molar-refractivity contribution is 7.85. The van der Waals surface area contributed by atoms with Crippen LogP contribution in [0.1, 0.15) is 0 Å². The van der Waals surface area contributed by atoms with Gasteiger partial charge in [0.25, 0.3) is 16.0 Å². The Hall–Kier alpha value is -2.58. The molecule has 1 amide bonds. The van der Waals surface area contributed by atoms with E-state index in [4.69, 9.17) is 15.0 Å². The van der Waals surface area contributed by atoms with Gasteiger partial charge < -0.3 is 15.8 Å². The van der Waals surface area contributed by atoms with Crippen molar-refractivity contribution in [3.8, 4) is 5.75 Å². The van der Waals surface area contributed by atoms with Gasteiger partial charge in [-0.25, -0.2) is 0 Å². The highest BCUT2D eigenvalue weighted by Crippen LogP contribution is 2.15. The summed E-state index contributed by atoms with van der Waals surface area (Å²) in [7, 11) is -4.25. The van der Waals surface area contributed by atoms with Gasteiger partial charge in [0.1, 0.15) is 5.75 Å². The molecule has 0 saturated heterocycles. The standard InChI is InChI=1S/C14H14N2O5S/c15-10-2-1-3-12(8-10)21-9-14(17)16-11-4-6-13(7-5-11)22(18,19)20/h1-8H,9,15H2,(H,16,17)(H,18,19,20). The Balaban J connectivity index is 1.92. The van der Waals surface area contributed by atoms with Crippen molar-refractivity contribution in [1.29, 1.82) is 0 Å². The van der Waals surface area contributed by atoms with Crippen molar-refractivity contribution >= 4 is 27.4 Å². The molecule has 0 aliphatic rings. The molecule has 0 atom stereocenters. The SMILES string of the molecule is Nc1cccc(OCC(=O)Nc2ccc(S(=O)(=O)O)cc2)c1. The Morgan fingerprint density at radius 1 is 1.18 bits per heavy atom. The van der Waals surface area contributed by atoms with Crippen LogP contribution in [0, 0.1) is 0 Å². The molecule has 0 spiro atoms. The Labute approximate surface area is 127 Å². The molecule has 0 saturated carbocycles. The second kappa shape index (κ2) is 6.46. The molecule has 4 N–H and O–H groups in total. The number of nitrogens with two attached hydrogens (primary N) is 1. The van der Waals surface area contributed by atoms with Crippen molar-refractivity contribution in [2.24, 2.45) is 0 Å². The van der Waals surface area contributed by atoms with Gasteiger partial charge in [-0.15, -0.1) is 0 Å². The number of hydrogen-bond acceptors (Lipinski definition) is 5. The summed E-state index contributed by atoms with van der Waals surface area (Å²) in [4.78, 5) is 11.5. The van der Waals surface area contributed by atoms with Gasteiger partial charge in [0, 0.05) is 17.4 Å². The number of hydrogen-bond donors (Lipinski definition) is 3. The van der Waals surface area contributed by atoms with Crippen LogP contribution >= 0.6 is 0 Å². The Bertz CT molecular complexity index is 772. The number of rotatable bonds is 5. The normalized spacial score (nSPS) is 11.0. The number of carbonyl (C=O) groups excluding carboxylic acids is 1. The van der Waals surface area contributed by atoms with E-state index in [1.54, 1.807) is 24.3 Å². The third kappa shape index (κ3) is 4.47. The fourth-order valence-electron chi connectivity index (χ4n) is 1.66. The first kappa shape index (κ1) is 15.8. The molecular weight excluding hydrogens is 308 g/mol. The summed E-state index contributed by atoms with van der Waals surface area (Å²) in [6.45, 7) is -0.219. The van der Waals surface area contributed by atoms with Crippen molar-refractivity contribution < 1.29 is 22.5 Å². The molecule has 0 bridgehead atoms. The van der Waals surface area contributed by atoms with E-state index in [0.29, 0.717) is 17.1 Å². The molecule has 0 aliphatic heterocycles. The first-order valence-corrected chi connectivity index (χ1v) is 7.64. The predicted octanol–water partition coefficient (Wildman–Crippen LogP) is 1.53. The van der Waals surface area contributed by atoms with Gasteiger partial charge in [-0.2, -0.15) is 8.42 Å². The van der Waals surface area contributed by atoms with Crippen LogP contribution in [0.25, 0.3) is 0 Å². The summed E-state index contributed by atoms with van der Waals surface area (Å²) in [5.74, 6) is 0.0545. The van der Waals surface area contributed by atoms with Crippen molar-refractivity contribution in [1.82, 2.24) is 0 Å². The number of nitrogen functional groups attached to an aromatic ring is 1. The van der Waals surface area contributed by atoms with Gasteiger partial charge in [0.2, 0.25) is 0 Å². The average molecular weight is 322 g/mol. The summed E-state index contributed by atoms with van der Waals surface area (Å²) in [6, 6.07) is 11.8. The molecule has 22 heavy (non-hydrogen) atoms. The van der Waals surface area contributed by atoms with Gasteiger partial charge >= 0.3 is 0 Å².